The maximum atomic E-state index is 12.4. The Balaban J connectivity index is 2.38. The molecule has 0 N–H and O–H groups in total. The second-order valence-electron chi connectivity index (χ2n) is 5.43. The molecule has 114 valence electrons. The second kappa shape index (κ2) is 7.25. The van der Waals surface area contributed by atoms with Crippen molar-refractivity contribution in [1.29, 1.82) is 0 Å². The van der Waals surface area contributed by atoms with Gasteiger partial charge in [0.1, 0.15) is 5.78 Å². The number of nitrogens with zero attached hydrogens (tertiary/aromatic N) is 1. The second-order valence-corrected chi connectivity index (χ2v) is 5.43. The molecule has 1 amide bonds. The van der Waals surface area contributed by atoms with Gasteiger partial charge in [-0.05, 0) is 25.3 Å². The smallest absolute Gasteiger partial charge is 0.410 e. The van der Waals surface area contributed by atoms with Crippen molar-refractivity contribution < 1.29 is 14.3 Å². The zero-order valence-corrected chi connectivity index (χ0v) is 12.7. The Labute approximate surface area is 126 Å². The van der Waals surface area contributed by atoms with E-state index in [0.29, 0.717) is 13.0 Å². The van der Waals surface area contributed by atoms with E-state index in [2.05, 4.69) is 0 Å². The first kappa shape index (κ1) is 15.5. The molecule has 2 atom stereocenters. The van der Waals surface area contributed by atoms with Crippen LogP contribution in [-0.2, 0) is 9.53 Å². The van der Waals surface area contributed by atoms with Gasteiger partial charge in [0.25, 0.3) is 0 Å². The van der Waals surface area contributed by atoms with Gasteiger partial charge in [-0.1, -0.05) is 36.8 Å². The minimum atomic E-state index is -0.371. The van der Waals surface area contributed by atoms with E-state index in [1.807, 2.05) is 37.3 Å². The van der Waals surface area contributed by atoms with E-state index in [1.165, 1.54) is 7.11 Å². The molecule has 0 spiro atoms. The summed E-state index contributed by atoms with van der Waals surface area (Å²) < 4.78 is 4.91. The molecule has 0 heterocycles. The number of amides is 1. The topological polar surface area (TPSA) is 46.6 Å². The van der Waals surface area contributed by atoms with E-state index in [1.54, 1.807) is 4.90 Å². The summed E-state index contributed by atoms with van der Waals surface area (Å²) in [6.07, 6.45) is 3.09. The molecular weight excluding hydrogens is 266 g/mol. The SMILES string of the molecule is CCN(C(=O)OC)[C@H](c1ccccc1)[C@@H]1CCCCC1=O. The molecule has 0 radical (unpaired) electrons. The zero-order chi connectivity index (χ0) is 15.2. The summed E-state index contributed by atoms with van der Waals surface area (Å²) in [5, 5.41) is 0. The number of rotatable bonds is 4. The Morgan fingerprint density at radius 2 is 2.05 bits per heavy atom. The van der Waals surface area contributed by atoms with Crippen LogP contribution in [0.3, 0.4) is 0 Å². The lowest BCUT2D eigenvalue weighted by atomic mass is 9.79. The highest BCUT2D eigenvalue weighted by Gasteiger charge is 2.37. The highest BCUT2D eigenvalue weighted by atomic mass is 16.5. The summed E-state index contributed by atoms with van der Waals surface area (Å²) in [6.45, 7) is 2.44. The van der Waals surface area contributed by atoms with Crippen LogP contribution in [0, 0.1) is 5.92 Å². The Bertz CT molecular complexity index is 476. The maximum Gasteiger partial charge on any atom is 0.410 e. The molecule has 2 rings (SSSR count). The van der Waals surface area contributed by atoms with Crippen LogP contribution in [0.4, 0.5) is 4.79 Å². The first-order valence-electron chi connectivity index (χ1n) is 7.61. The Morgan fingerprint density at radius 1 is 1.33 bits per heavy atom. The van der Waals surface area contributed by atoms with Crippen molar-refractivity contribution in [3.8, 4) is 0 Å². The van der Waals surface area contributed by atoms with Crippen molar-refractivity contribution in [3.63, 3.8) is 0 Å². The van der Waals surface area contributed by atoms with Gasteiger partial charge in [-0.25, -0.2) is 4.79 Å². The highest BCUT2D eigenvalue weighted by Crippen LogP contribution is 2.36. The van der Waals surface area contributed by atoms with Crippen LogP contribution >= 0.6 is 0 Å². The van der Waals surface area contributed by atoms with Crippen LogP contribution < -0.4 is 0 Å². The van der Waals surface area contributed by atoms with Crippen LogP contribution in [0.5, 0.6) is 0 Å². The van der Waals surface area contributed by atoms with Crippen molar-refractivity contribution in [3.05, 3.63) is 35.9 Å². The first-order chi connectivity index (χ1) is 10.2. The predicted octanol–water partition coefficient (Wildman–Crippen LogP) is 3.58. The number of hydrogen-bond acceptors (Lipinski definition) is 3. The minimum absolute atomic E-state index is 0.125. The van der Waals surface area contributed by atoms with Gasteiger partial charge in [0.05, 0.1) is 13.2 Å². The minimum Gasteiger partial charge on any atom is -0.453 e. The lowest BCUT2D eigenvalue weighted by molar-refractivity contribution is -0.126. The summed E-state index contributed by atoms with van der Waals surface area (Å²) in [4.78, 5) is 26.1. The van der Waals surface area contributed by atoms with E-state index < -0.39 is 0 Å². The molecule has 4 nitrogen and oxygen atoms in total. The highest BCUT2D eigenvalue weighted by molar-refractivity contribution is 5.83. The molecule has 1 saturated carbocycles. The summed E-state index contributed by atoms with van der Waals surface area (Å²) in [6, 6.07) is 9.58. The standard InChI is InChI=1S/C17H23NO3/c1-3-18(17(20)21-2)16(13-9-5-4-6-10-13)14-11-7-8-12-15(14)19/h4-6,9-10,14,16H,3,7-8,11-12H2,1-2H3/t14-,16-/m1/s1. The number of carbonyl (C=O) groups is 2. The summed E-state index contributed by atoms with van der Waals surface area (Å²) in [5.41, 5.74) is 1.00. The quantitative estimate of drug-likeness (QED) is 0.851. The summed E-state index contributed by atoms with van der Waals surface area (Å²) in [5.74, 6) is 0.137. The molecule has 1 fully saturated rings. The molecule has 0 saturated heterocycles. The van der Waals surface area contributed by atoms with Gasteiger partial charge >= 0.3 is 6.09 Å². The van der Waals surface area contributed by atoms with Crippen molar-refractivity contribution in [1.82, 2.24) is 4.90 Å². The van der Waals surface area contributed by atoms with Gasteiger partial charge in [-0.3, -0.25) is 4.79 Å². The van der Waals surface area contributed by atoms with Crippen molar-refractivity contribution >= 4 is 11.9 Å². The third kappa shape index (κ3) is 3.43. The molecule has 1 aromatic rings. The normalized spacial score (nSPS) is 19.9. The lowest BCUT2D eigenvalue weighted by Crippen LogP contribution is -2.41. The molecule has 1 aromatic carbocycles. The van der Waals surface area contributed by atoms with Crippen molar-refractivity contribution in [2.45, 2.75) is 38.6 Å². The zero-order valence-electron chi connectivity index (χ0n) is 12.7. The van der Waals surface area contributed by atoms with E-state index in [9.17, 15) is 9.59 Å². The van der Waals surface area contributed by atoms with E-state index in [-0.39, 0.29) is 23.8 Å². The van der Waals surface area contributed by atoms with Crippen LogP contribution in [-0.4, -0.2) is 30.4 Å². The molecule has 4 heteroatoms. The van der Waals surface area contributed by atoms with Gasteiger partial charge in [0.2, 0.25) is 0 Å². The Hall–Kier alpha value is -1.84. The third-order valence-electron chi connectivity index (χ3n) is 4.21. The van der Waals surface area contributed by atoms with E-state index >= 15 is 0 Å². The fourth-order valence-electron chi connectivity index (χ4n) is 3.18. The maximum absolute atomic E-state index is 12.4. The van der Waals surface area contributed by atoms with Crippen LogP contribution in [0.15, 0.2) is 30.3 Å². The van der Waals surface area contributed by atoms with Gasteiger partial charge in [0.15, 0.2) is 0 Å². The molecule has 0 unspecified atom stereocenters. The van der Waals surface area contributed by atoms with E-state index in [4.69, 9.17) is 4.74 Å². The number of ketones is 1. The van der Waals surface area contributed by atoms with Gasteiger partial charge < -0.3 is 9.64 Å². The Kier molecular flexibility index (Phi) is 5.37. The largest absolute Gasteiger partial charge is 0.453 e. The van der Waals surface area contributed by atoms with Gasteiger partial charge in [-0.15, -0.1) is 0 Å². The van der Waals surface area contributed by atoms with Gasteiger partial charge in [-0.2, -0.15) is 0 Å². The summed E-state index contributed by atoms with van der Waals surface area (Å²) in [7, 11) is 1.38. The third-order valence-corrected chi connectivity index (χ3v) is 4.21. The molecule has 1 aliphatic carbocycles. The number of benzene rings is 1. The molecule has 1 aliphatic rings. The predicted molar refractivity (Wildman–Crippen MR) is 80.9 cm³/mol. The molecule has 0 aliphatic heterocycles. The molecular formula is C17H23NO3. The van der Waals surface area contributed by atoms with Crippen molar-refractivity contribution in [2.24, 2.45) is 5.92 Å². The number of ether oxygens (including phenoxy) is 1. The number of carbonyl (C=O) groups excluding carboxylic acids is 2. The average molecular weight is 289 g/mol. The Morgan fingerprint density at radius 3 is 2.62 bits per heavy atom. The average Bonchev–Trinajstić information content (AvgIpc) is 2.53. The van der Waals surface area contributed by atoms with Crippen LogP contribution in [0.2, 0.25) is 0 Å². The van der Waals surface area contributed by atoms with Crippen LogP contribution in [0.1, 0.15) is 44.2 Å². The van der Waals surface area contributed by atoms with Gasteiger partial charge in [0, 0.05) is 18.9 Å². The monoisotopic (exact) mass is 289 g/mol. The van der Waals surface area contributed by atoms with Crippen molar-refractivity contribution in [2.75, 3.05) is 13.7 Å². The van der Waals surface area contributed by atoms with E-state index in [0.717, 1.165) is 24.8 Å². The number of methoxy groups -OCH3 is 1. The molecule has 0 bridgehead atoms. The lowest BCUT2D eigenvalue weighted by Gasteiger charge is -2.37. The fourth-order valence-corrected chi connectivity index (χ4v) is 3.18. The van der Waals surface area contributed by atoms with Crippen LogP contribution in [0.25, 0.3) is 0 Å². The number of hydrogen-bond donors (Lipinski definition) is 0. The number of Topliss-reactive ketones (excluding diaryl/α,β-unsaturated/α-hetero) is 1. The fraction of sp³-hybridized carbons (Fsp3) is 0.529. The first-order valence-corrected chi connectivity index (χ1v) is 7.61. The molecule has 0 aromatic heterocycles. The summed E-state index contributed by atoms with van der Waals surface area (Å²) >= 11 is 0. The molecule has 21 heavy (non-hydrogen) atoms.